The van der Waals surface area contributed by atoms with E-state index in [-0.39, 0.29) is 18.8 Å². The van der Waals surface area contributed by atoms with Crippen molar-refractivity contribution in [3.63, 3.8) is 0 Å². The van der Waals surface area contributed by atoms with Crippen LogP contribution in [0.15, 0.2) is 0 Å². The van der Waals surface area contributed by atoms with E-state index in [9.17, 15) is 0 Å². The second kappa shape index (κ2) is 14.2. The lowest BCUT2D eigenvalue weighted by Gasteiger charge is -2.16. The quantitative estimate of drug-likeness (QED) is 0.453. The molecule has 0 aromatic heterocycles. The molecule has 0 saturated heterocycles. The van der Waals surface area contributed by atoms with Gasteiger partial charge in [-0.1, -0.05) is 13.3 Å². The Balaban J connectivity index is 0. The van der Waals surface area contributed by atoms with Crippen LogP contribution in [0.2, 0.25) is 0 Å². The van der Waals surface area contributed by atoms with Crippen molar-refractivity contribution in [3.8, 4) is 0 Å². The first kappa shape index (κ1) is 21.1. The van der Waals surface area contributed by atoms with Crippen LogP contribution < -0.4 is 0 Å². The maximum Gasteiger partial charge on any atom is 0.151 e. The zero-order chi connectivity index (χ0) is 15.3. The third kappa shape index (κ3) is 20.2. The molecule has 0 aliphatic heterocycles. The lowest BCUT2D eigenvalue weighted by molar-refractivity contribution is -0.0620. The molecule has 19 heavy (non-hydrogen) atoms. The van der Waals surface area contributed by atoms with Gasteiger partial charge in [0.2, 0.25) is 0 Å². The lowest BCUT2D eigenvalue weighted by atomic mass is 10.3. The van der Waals surface area contributed by atoms with Crippen molar-refractivity contribution in [2.75, 3.05) is 19.8 Å². The van der Waals surface area contributed by atoms with Gasteiger partial charge in [-0.05, 0) is 27.2 Å². The molecule has 0 radical (unpaired) electrons. The van der Waals surface area contributed by atoms with Crippen LogP contribution in [0.3, 0.4) is 0 Å². The summed E-state index contributed by atoms with van der Waals surface area (Å²) in [7, 11) is 0. The van der Waals surface area contributed by atoms with Crippen LogP contribution in [0, 0.1) is 0 Å². The summed E-state index contributed by atoms with van der Waals surface area (Å²) in [5.74, 6) is 0. The van der Waals surface area contributed by atoms with E-state index in [1.54, 1.807) is 13.8 Å². The van der Waals surface area contributed by atoms with Crippen LogP contribution in [0.5, 0.6) is 0 Å². The molecule has 4 N–H and O–H groups in total. The zero-order valence-electron chi connectivity index (χ0n) is 12.5. The summed E-state index contributed by atoms with van der Waals surface area (Å²) in [5.41, 5.74) is 0. The molecule has 6 heteroatoms. The molecule has 0 heterocycles. The summed E-state index contributed by atoms with van der Waals surface area (Å²) in [5, 5.41) is 33.8. The first-order chi connectivity index (χ1) is 8.83. The third-order valence-electron chi connectivity index (χ3n) is 2.04. The summed E-state index contributed by atoms with van der Waals surface area (Å²) in [6.07, 6.45) is -0.439. The summed E-state index contributed by atoms with van der Waals surface area (Å²) in [6, 6.07) is 0. The minimum Gasteiger partial charge on any atom is -0.394 e. The Kier molecular flexibility index (Phi) is 15.7. The molecule has 0 saturated carbocycles. The highest BCUT2D eigenvalue weighted by Crippen LogP contribution is 1.97. The van der Waals surface area contributed by atoms with E-state index in [0.29, 0.717) is 19.6 Å². The predicted octanol–water partition coefficient (Wildman–Crippen LogP) is 0.267. The van der Waals surface area contributed by atoms with Crippen LogP contribution in [0.25, 0.3) is 0 Å². The highest BCUT2D eigenvalue weighted by atomic mass is 16.5. The van der Waals surface area contributed by atoms with Crippen molar-refractivity contribution in [2.45, 2.75) is 65.1 Å². The molecule has 0 spiro atoms. The van der Waals surface area contributed by atoms with Gasteiger partial charge in [0, 0.05) is 0 Å². The van der Waals surface area contributed by atoms with Crippen molar-refractivity contribution < 1.29 is 29.9 Å². The zero-order valence-corrected chi connectivity index (χ0v) is 12.5. The number of ether oxygens (including phenoxy) is 2. The first-order valence-electron chi connectivity index (χ1n) is 6.71. The van der Waals surface area contributed by atoms with Crippen molar-refractivity contribution >= 4 is 0 Å². The Morgan fingerprint density at radius 3 is 1.74 bits per heavy atom. The highest BCUT2D eigenvalue weighted by molar-refractivity contribution is 4.52. The monoisotopic (exact) mass is 282 g/mol. The summed E-state index contributed by atoms with van der Waals surface area (Å²) in [4.78, 5) is 0. The van der Waals surface area contributed by atoms with Crippen LogP contribution in [-0.4, -0.2) is 64.8 Å². The number of aliphatic hydroxyl groups excluding tert-OH is 3. The predicted molar refractivity (Wildman–Crippen MR) is 72.7 cm³/mol. The maximum atomic E-state index is 8.92. The second-order valence-electron chi connectivity index (χ2n) is 4.59. The van der Waals surface area contributed by atoms with Gasteiger partial charge >= 0.3 is 0 Å². The fourth-order valence-corrected chi connectivity index (χ4v) is 0.962. The standard InChI is InChI=1S/C9H20O4.C4H10O2/c1-7(11)5-12-9(3)6-13-8(2)4-10;1-2-3-4(5)6/h7-11H,4-6H2,1-3H3;4-6H,2-3H2,1H3. The van der Waals surface area contributed by atoms with Crippen molar-refractivity contribution in [1.82, 2.24) is 0 Å². The van der Waals surface area contributed by atoms with E-state index >= 15 is 0 Å². The highest BCUT2D eigenvalue weighted by Gasteiger charge is 2.06. The number of hydrogen-bond donors (Lipinski definition) is 4. The molecular formula is C13H30O6. The topological polar surface area (TPSA) is 99.4 Å². The molecule has 0 aromatic carbocycles. The van der Waals surface area contributed by atoms with E-state index in [2.05, 4.69) is 0 Å². The lowest BCUT2D eigenvalue weighted by Crippen LogP contribution is -2.24. The average molecular weight is 282 g/mol. The molecule has 0 aliphatic rings. The minimum atomic E-state index is -1.10. The van der Waals surface area contributed by atoms with Gasteiger partial charge in [-0.2, -0.15) is 0 Å². The molecule has 0 fully saturated rings. The Bertz CT molecular complexity index is 175. The second-order valence-corrected chi connectivity index (χ2v) is 4.59. The molecule has 0 aromatic rings. The fourth-order valence-electron chi connectivity index (χ4n) is 0.962. The van der Waals surface area contributed by atoms with Crippen LogP contribution in [-0.2, 0) is 9.47 Å². The third-order valence-corrected chi connectivity index (χ3v) is 2.04. The van der Waals surface area contributed by atoms with E-state index in [4.69, 9.17) is 29.9 Å². The Morgan fingerprint density at radius 2 is 1.42 bits per heavy atom. The molecule has 118 valence electrons. The smallest absolute Gasteiger partial charge is 0.151 e. The van der Waals surface area contributed by atoms with E-state index in [1.165, 1.54) is 0 Å². The van der Waals surface area contributed by atoms with Crippen LogP contribution in [0.4, 0.5) is 0 Å². The van der Waals surface area contributed by atoms with E-state index in [1.807, 2.05) is 13.8 Å². The Morgan fingerprint density at radius 1 is 0.895 bits per heavy atom. The van der Waals surface area contributed by atoms with Gasteiger partial charge in [-0.3, -0.25) is 0 Å². The SMILES string of the molecule is CC(O)COC(C)COC(C)CO.CCCC(O)O. The number of rotatable bonds is 9. The number of hydrogen-bond acceptors (Lipinski definition) is 6. The fraction of sp³-hybridized carbons (Fsp3) is 1.00. The summed E-state index contributed by atoms with van der Waals surface area (Å²) < 4.78 is 10.5. The Labute approximate surface area is 116 Å². The van der Waals surface area contributed by atoms with Gasteiger partial charge in [0.1, 0.15) is 0 Å². The largest absolute Gasteiger partial charge is 0.394 e. The van der Waals surface area contributed by atoms with Gasteiger partial charge in [-0.15, -0.1) is 0 Å². The van der Waals surface area contributed by atoms with Gasteiger partial charge in [0.25, 0.3) is 0 Å². The number of aliphatic hydroxyl groups is 4. The van der Waals surface area contributed by atoms with Crippen molar-refractivity contribution in [2.24, 2.45) is 0 Å². The van der Waals surface area contributed by atoms with E-state index in [0.717, 1.165) is 6.42 Å². The van der Waals surface area contributed by atoms with Crippen LogP contribution in [0.1, 0.15) is 40.5 Å². The average Bonchev–Trinajstić information content (AvgIpc) is 2.33. The molecule has 0 bridgehead atoms. The molecule has 0 aliphatic carbocycles. The van der Waals surface area contributed by atoms with E-state index < -0.39 is 12.4 Å². The van der Waals surface area contributed by atoms with Gasteiger partial charge in [0.15, 0.2) is 6.29 Å². The molecule has 0 amide bonds. The molecule has 3 unspecified atom stereocenters. The molecule has 6 nitrogen and oxygen atoms in total. The molecule has 0 rings (SSSR count). The van der Waals surface area contributed by atoms with Crippen LogP contribution >= 0.6 is 0 Å². The van der Waals surface area contributed by atoms with Gasteiger partial charge < -0.3 is 29.9 Å². The Hall–Kier alpha value is -0.240. The van der Waals surface area contributed by atoms with Gasteiger partial charge in [-0.25, -0.2) is 0 Å². The maximum absolute atomic E-state index is 8.92. The molecule has 3 atom stereocenters. The minimum absolute atomic E-state index is 0.0170. The first-order valence-corrected chi connectivity index (χ1v) is 6.71. The van der Waals surface area contributed by atoms with Crippen molar-refractivity contribution in [1.29, 1.82) is 0 Å². The normalized spacial score (nSPS) is 15.6. The van der Waals surface area contributed by atoms with Gasteiger partial charge in [0.05, 0.1) is 38.1 Å². The molecular weight excluding hydrogens is 252 g/mol. The summed E-state index contributed by atoms with van der Waals surface area (Å²) >= 11 is 0. The van der Waals surface area contributed by atoms with Crippen molar-refractivity contribution in [3.05, 3.63) is 0 Å². The summed E-state index contributed by atoms with van der Waals surface area (Å²) in [6.45, 7) is 8.01.